The summed E-state index contributed by atoms with van der Waals surface area (Å²) in [7, 11) is 0. The number of aryl methyl sites for hydroxylation is 1. The van der Waals surface area contributed by atoms with E-state index in [0.717, 1.165) is 12.0 Å². The highest BCUT2D eigenvalue weighted by atomic mass is 19.1. The third kappa shape index (κ3) is 3.12. The van der Waals surface area contributed by atoms with Crippen LogP contribution in [0.25, 0.3) is 0 Å². The number of hydrogen-bond acceptors (Lipinski definition) is 2. The van der Waals surface area contributed by atoms with Crippen LogP contribution in [0.5, 0.6) is 11.5 Å². The lowest BCUT2D eigenvalue weighted by atomic mass is 10.1. The third-order valence-corrected chi connectivity index (χ3v) is 3.01. The zero-order chi connectivity index (χ0) is 13.8. The molecule has 2 nitrogen and oxygen atoms in total. The molecular formula is C16H18FNO. The Hall–Kier alpha value is -1.87. The molecule has 0 heterocycles. The van der Waals surface area contributed by atoms with Gasteiger partial charge in [-0.05, 0) is 37.1 Å². The van der Waals surface area contributed by atoms with E-state index in [4.69, 9.17) is 10.5 Å². The van der Waals surface area contributed by atoms with Crippen molar-refractivity contribution in [3.8, 4) is 11.5 Å². The van der Waals surface area contributed by atoms with Gasteiger partial charge in [-0.2, -0.15) is 0 Å². The van der Waals surface area contributed by atoms with Crippen molar-refractivity contribution in [3.63, 3.8) is 0 Å². The minimum Gasteiger partial charge on any atom is -0.454 e. The van der Waals surface area contributed by atoms with Crippen LogP contribution in [0.15, 0.2) is 42.5 Å². The molecule has 100 valence electrons. The van der Waals surface area contributed by atoms with Crippen molar-refractivity contribution in [2.75, 3.05) is 0 Å². The number of nitrogens with two attached hydrogens (primary N) is 1. The maximum atomic E-state index is 13.9. The largest absolute Gasteiger partial charge is 0.454 e. The van der Waals surface area contributed by atoms with Crippen LogP contribution < -0.4 is 10.5 Å². The molecule has 0 radical (unpaired) electrons. The predicted molar refractivity (Wildman–Crippen MR) is 74.9 cm³/mol. The van der Waals surface area contributed by atoms with Crippen LogP contribution in [0.3, 0.4) is 0 Å². The van der Waals surface area contributed by atoms with Gasteiger partial charge in [-0.15, -0.1) is 0 Å². The molecule has 0 aliphatic heterocycles. The smallest absolute Gasteiger partial charge is 0.167 e. The van der Waals surface area contributed by atoms with Crippen LogP contribution in [-0.2, 0) is 6.42 Å². The fourth-order valence-electron chi connectivity index (χ4n) is 1.94. The monoisotopic (exact) mass is 259 g/mol. The summed E-state index contributed by atoms with van der Waals surface area (Å²) in [4.78, 5) is 0. The van der Waals surface area contributed by atoms with Crippen LogP contribution in [0, 0.1) is 5.82 Å². The van der Waals surface area contributed by atoms with Gasteiger partial charge in [-0.25, -0.2) is 4.39 Å². The Kier molecular flexibility index (Phi) is 4.17. The van der Waals surface area contributed by atoms with Crippen molar-refractivity contribution in [2.45, 2.75) is 26.3 Å². The summed E-state index contributed by atoms with van der Waals surface area (Å²) in [5, 5.41) is 0. The van der Waals surface area contributed by atoms with E-state index in [2.05, 4.69) is 6.92 Å². The molecule has 19 heavy (non-hydrogen) atoms. The molecule has 0 fully saturated rings. The second-order valence-corrected chi connectivity index (χ2v) is 4.55. The second-order valence-electron chi connectivity index (χ2n) is 4.55. The molecule has 0 aromatic heterocycles. The zero-order valence-electron chi connectivity index (χ0n) is 11.2. The van der Waals surface area contributed by atoms with E-state index < -0.39 is 5.82 Å². The summed E-state index contributed by atoms with van der Waals surface area (Å²) in [5.74, 6) is 0.453. The van der Waals surface area contributed by atoms with Crippen LogP contribution in [0.1, 0.15) is 31.0 Å². The molecule has 2 rings (SSSR count). The first-order chi connectivity index (χ1) is 9.11. The fourth-order valence-corrected chi connectivity index (χ4v) is 1.94. The lowest BCUT2D eigenvalue weighted by molar-refractivity contribution is 0.432. The molecule has 2 aromatic carbocycles. The SMILES string of the molecule is CCc1cccc(Oc2c(F)cccc2C(C)N)c1. The number of ether oxygens (including phenoxy) is 1. The maximum absolute atomic E-state index is 13.9. The van der Waals surface area contributed by atoms with Gasteiger partial charge in [0.15, 0.2) is 11.6 Å². The summed E-state index contributed by atoms with van der Waals surface area (Å²) >= 11 is 0. The van der Waals surface area contributed by atoms with E-state index in [9.17, 15) is 4.39 Å². The van der Waals surface area contributed by atoms with E-state index in [1.165, 1.54) is 6.07 Å². The fraction of sp³-hybridized carbons (Fsp3) is 0.250. The third-order valence-electron chi connectivity index (χ3n) is 3.01. The molecule has 1 atom stereocenters. The molecule has 1 unspecified atom stereocenters. The molecule has 0 aliphatic rings. The highest BCUT2D eigenvalue weighted by Crippen LogP contribution is 2.31. The Morgan fingerprint density at radius 1 is 1.21 bits per heavy atom. The topological polar surface area (TPSA) is 35.2 Å². The maximum Gasteiger partial charge on any atom is 0.167 e. The quantitative estimate of drug-likeness (QED) is 0.893. The van der Waals surface area contributed by atoms with Crippen LogP contribution >= 0.6 is 0 Å². The van der Waals surface area contributed by atoms with Gasteiger partial charge >= 0.3 is 0 Å². The van der Waals surface area contributed by atoms with E-state index in [1.54, 1.807) is 12.1 Å². The van der Waals surface area contributed by atoms with Gasteiger partial charge in [0.1, 0.15) is 5.75 Å². The van der Waals surface area contributed by atoms with Gasteiger partial charge in [0, 0.05) is 11.6 Å². The molecule has 0 saturated heterocycles. The Bertz CT molecular complexity index is 566. The highest BCUT2D eigenvalue weighted by molar-refractivity contribution is 5.41. The second kappa shape index (κ2) is 5.85. The molecule has 0 saturated carbocycles. The minimum atomic E-state index is -0.392. The van der Waals surface area contributed by atoms with E-state index in [-0.39, 0.29) is 11.8 Å². The Balaban J connectivity index is 2.37. The lowest BCUT2D eigenvalue weighted by Crippen LogP contribution is -2.07. The van der Waals surface area contributed by atoms with Gasteiger partial charge in [0.2, 0.25) is 0 Å². The minimum absolute atomic E-state index is 0.214. The van der Waals surface area contributed by atoms with Crippen molar-refractivity contribution < 1.29 is 9.13 Å². The van der Waals surface area contributed by atoms with E-state index >= 15 is 0 Å². The normalized spacial score (nSPS) is 12.2. The number of para-hydroxylation sites is 1. The first kappa shape index (κ1) is 13.6. The molecule has 0 bridgehead atoms. The average molecular weight is 259 g/mol. The van der Waals surface area contributed by atoms with Gasteiger partial charge in [-0.1, -0.05) is 31.2 Å². The first-order valence-electron chi connectivity index (χ1n) is 6.42. The van der Waals surface area contributed by atoms with Gasteiger partial charge < -0.3 is 10.5 Å². The van der Waals surface area contributed by atoms with Crippen LogP contribution in [0.4, 0.5) is 4.39 Å². The molecular weight excluding hydrogens is 241 g/mol. The number of halogens is 1. The Morgan fingerprint density at radius 3 is 2.63 bits per heavy atom. The Morgan fingerprint density at radius 2 is 1.95 bits per heavy atom. The molecule has 2 N–H and O–H groups in total. The van der Waals surface area contributed by atoms with Crippen molar-refractivity contribution in [2.24, 2.45) is 5.73 Å². The predicted octanol–water partition coefficient (Wildman–Crippen LogP) is 4.20. The van der Waals surface area contributed by atoms with E-state index in [1.807, 2.05) is 31.2 Å². The summed E-state index contributed by atoms with van der Waals surface area (Å²) < 4.78 is 19.6. The van der Waals surface area contributed by atoms with Crippen molar-refractivity contribution in [1.82, 2.24) is 0 Å². The molecule has 2 aromatic rings. The summed E-state index contributed by atoms with van der Waals surface area (Å²) in [6.45, 7) is 3.87. The summed E-state index contributed by atoms with van der Waals surface area (Å²) in [6, 6.07) is 12.2. The first-order valence-corrected chi connectivity index (χ1v) is 6.42. The highest BCUT2D eigenvalue weighted by Gasteiger charge is 2.13. The number of rotatable bonds is 4. The molecule has 0 amide bonds. The van der Waals surface area contributed by atoms with Crippen molar-refractivity contribution >= 4 is 0 Å². The van der Waals surface area contributed by atoms with Gasteiger partial charge in [0.05, 0.1) is 0 Å². The number of benzene rings is 2. The average Bonchev–Trinajstić information content (AvgIpc) is 2.41. The van der Waals surface area contributed by atoms with Crippen molar-refractivity contribution in [3.05, 3.63) is 59.4 Å². The Labute approximate surface area is 113 Å². The van der Waals surface area contributed by atoms with Crippen molar-refractivity contribution in [1.29, 1.82) is 0 Å². The molecule has 3 heteroatoms. The van der Waals surface area contributed by atoms with Crippen LogP contribution in [0.2, 0.25) is 0 Å². The number of hydrogen-bond donors (Lipinski definition) is 1. The summed E-state index contributed by atoms with van der Waals surface area (Å²) in [5.41, 5.74) is 7.66. The van der Waals surface area contributed by atoms with Gasteiger partial charge in [-0.3, -0.25) is 0 Å². The van der Waals surface area contributed by atoms with Gasteiger partial charge in [0.25, 0.3) is 0 Å². The van der Waals surface area contributed by atoms with Crippen LogP contribution in [-0.4, -0.2) is 0 Å². The van der Waals surface area contributed by atoms with E-state index in [0.29, 0.717) is 11.3 Å². The lowest BCUT2D eigenvalue weighted by Gasteiger charge is -2.14. The standard InChI is InChI=1S/C16H18FNO/c1-3-12-6-4-7-13(10-12)19-16-14(11(2)18)8-5-9-15(16)17/h4-11H,3,18H2,1-2H3. The molecule has 0 spiro atoms. The summed E-state index contributed by atoms with van der Waals surface area (Å²) in [6.07, 6.45) is 0.911. The molecule has 0 aliphatic carbocycles. The zero-order valence-corrected chi connectivity index (χ0v) is 11.2.